The molecule has 0 atom stereocenters. The Balaban J connectivity index is 1.48. The fourth-order valence-electron chi connectivity index (χ4n) is 3.39. The number of benzene rings is 2. The number of hydrogen-bond acceptors (Lipinski definition) is 4. The highest BCUT2D eigenvalue weighted by Gasteiger charge is 2.19. The number of aryl methyl sites for hydroxylation is 2. The molecule has 2 aromatic heterocycles. The summed E-state index contributed by atoms with van der Waals surface area (Å²) in [6.07, 6.45) is 3.42. The van der Waals surface area contributed by atoms with Gasteiger partial charge in [0.05, 0.1) is 20.8 Å². The number of anilines is 1. The average molecular weight is 377 g/mol. The van der Waals surface area contributed by atoms with E-state index in [-0.39, 0.29) is 5.91 Å². The van der Waals surface area contributed by atoms with E-state index in [1.807, 2.05) is 42.5 Å². The van der Waals surface area contributed by atoms with Gasteiger partial charge in [0.2, 0.25) is 0 Å². The smallest absolute Gasteiger partial charge is 0.265 e. The molecule has 0 bridgehead atoms. The highest BCUT2D eigenvalue weighted by atomic mass is 32.1. The number of aromatic nitrogens is 1. The van der Waals surface area contributed by atoms with Crippen LogP contribution in [0.15, 0.2) is 54.6 Å². The lowest BCUT2D eigenvalue weighted by atomic mass is 10.2. The van der Waals surface area contributed by atoms with Gasteiger partial charge in [-0.05, 0) is 55.2 Å². The van der Waals surface area contributed by atoms with Crippen molar-refractivity contribution in [3.8, 4) is 10.6 Å². The summed E-state index contributed by atoms with van der Waals surface area (Å²) >= 11 is 3.28. The van der Waals surface area contributed by atoms with Crippen molar-refractivity contribution in [2.45, 2.75) is 19.3 Å². The molecule has 1 aliphatic carbocycles. The topological polar surface area (TPSA) is 42.0 Å². The summed E-state index contributed by atoms with van der Waals surface area (Å²) in [5.74, 6) is -0.0297. The second-order valence-corrected chi connectivity index (χ2v) is 8.57. The highest BCUT2D eigenvalue weighted by Crippen LogP contribution is 2.35. The van der Waals surface area contributed by atoms with Gasteiger partial charge in [-0.1, -0.05) is 24.3 Å². The van der Waals surface area contributed by atoms with Gasteiger partial charge in [-0.25, -0.2) is 4.98 Å². The molecule has 0 saturated heterocycles. The van der Waals surface area contributed by atoms with Crippen LogP contribution in [-0.4, -0.2) is 10.9 Å². The van der Waals surface area contributed by atoms with Gasteiger partial charge in [0.15, 0.2) is 0 Å². The molecule has 0 spiro atoms. The molecule has 0 fully saturated rings. The summed E-state index contributed by atoms with van der Waals surface area (Å²) in [7, 11) is 0. The summed E-state index contributed by atoms with van der Waals surface area (Å²) in [5, 5.41) is 4.02. The molecule has 1 aliphatic rings. The maximum Gasteiger partial charge on any atom is 0.265 e. The molecule has 2 aromatic carbocycles. The first-order valence-corrected chi connectivity index (χ1v) is 10.3. The largest absolute Gasteiger partial charge is 0.321 e. The van der Waals surface area contributed by atoms with Crippen LogP contribution in [0.4, 0.5) is 5.69 Å². The number of hydrogen-bond donors (Lipinski definition) is 1. The maximum atomic E-state index is 12.8. The van der Waals surface area contributed by atoms with Crippen LogP contribution in [0.1, 0.15) is 26.5 Å². The van der Waals surface area contributed by atoms with E-state index in [1.165, 1.54) is 16.9 Å². The Kier molecular flexibility index (Phi) is 3.84. The quantitative estimate of drug-likeness (QED) is 0.493. The molecule has 4 aromatic rings. The van der Waals surface area contributed by atoms with Crippen LogP contribution in [-0.2, 0) is 12.8 Å². The third kappa shape index (κ3) is 2.73. The van der Waals surface area contributed by atoms with Gasteiger partial charge in [0, 0.05) is 10.4 Å². The number of nitrogens with one attached hydrogen (secondary N) is 1. The number of fused-ring (bicyclic) bond motifs is 2. The van der Waals surface area contributed by atoms with E-state index in [4.69, 9.17) is 4.98 Å². The Bertz CT molecular complexity index is 1070. The van der Waals surface area contributed by atoms with E-state index in [0.717, 1.165) is 44.2 Å². The highest BCUT2D eigenvalue weighted by molar-refractivity contribution is 7.21. The van der Waals surface area contributed by atoms with Crippen molar-refractivity contribution >= 4 is 44.5 Å². The molecule has 5 heteroatoms. The van der Waals surface area contributed by atoms with Crippen LogP contribution in [0.2, 0.25) is 0 Å². The van der Waals surface area contributed by atoms with Crippen LogP contribution >= 0.6 is 22.7 Å². The van der Waals surface area contributed by atoms with Crippen molar-refractivity contribution in [2.24, 2.45) is 0 Å². The summed E-state index contributed by atoms with van der Waals surface area (Å²) in [6, 6.07) is 18.1. The normalized spacial score (nSPS) is 13.1. The summed E-state index contributed by atoms with van der Waals surface area (Å²) < 4.78 is 1.15. The lowest BCUT2D eigenvalue weighted by molar-refractivity contribution is 0.103. The zero-order chi connectivity index (χ0) is 17.5. The van der Waals surface area contributed by atoms with Crippen molar-refractivity contribution in [1.29, 1.82) is 0 Å². The molecular formula is C21H16N2OS2. The minimum atomic E-state index is -0.0297. The third-order valence-electron chi connectivity index (χ3n) is 4.67. The summed E-state index contributed by atoms with van der Waals surface area (Å²) in [6.45, 7) is 0. The first kappa shape index (κ1) is 15.7. The first-order valence-electron chi connectivity index (χ1n) is 8.66. The van der Waals surface area contributed by atoms with E-state index in [0.29, 0.717) is 0 Å². The second-order valence-electron chi connectivity index (χ2n) is 6.40. The van der Waals surface area contributed by atoms with Gasteiger partial charge >= 0.3 is 0 Å². The molecule has 26 heavy (non-hydrogen) atoms. The zero-order valence-electron chi connectivity index (χ0n) is 14.0. The van der Waals surface area contributed by atoms with Gasteiger partial charge in [0.1, 0.15) is 5.01 Å². The molecule has 2 heterocycles. The fourth-order valence-corrected chi connectivity index (χ4v) is 5.54. The summed E-state index contributed by atoms with van der Waals surface area (Å²) in [4.78, 5) is 19.7. The number of rotatable bonds is 3. The number of thiophene rings is 1. The number of carbonyl (C=O) groups is 1. The third-order valence-corrected chi connectivity index (χ3v) is 6.98. The Morgan fingerprint density at radius 2 is 1.85 bits per heavy atom. The predicted molar refractivity (Wildman–Crippen MR) is 109 cm³/mol. The van der Waals surface area contributed by atoms with Gasteiger partial charge in [-0.2, -0.15) is 0 Å². The maximum absolute atomic E-state index is 12.8. The molecule has 3 nitrogen and oxygen atoms in total. The Hall–Kier alpha value is -2.50. The monoisotopic (exact) mass is 376 g/mol. The standard InChI is InChI=1S/C21H16N2OS2/c24-20(19-12-13-6-5-11-17(13)25-19)22-15-8-2-1-7-14(15)21-23-16-9-3-4-10-18(16)26-21/h1-4,7-10,12H,5-6,11H2,(H,22,24). The second kappa shape index (κ2) is 6.34. The Labute approximate surface area is 159 Å². The van der Waals surface area contributed by atoms with Crippen LogP contribution in [0, 0.1) is 0 Å². The van der Waals surface area contributed by atoms with Crippen molar-refractivity contribution in [2.75, 3.05) is 5.32 Å². The van der Waals surface area contributed by atoms with Gasteiger partial charge < -0.3 is 5.32 Å². The van der Waals surface area contributed by atoms with E-state index in [2.05, 4.69) is 17.4 Å². The lowest BCUT2D eigenvalue weighted by Crippen LogP contribution is -2.11. The van der Waals surface area contributed by atoms with Crippen LogP contribution < -0.4 is 5.32 Å². The minimum absolute atomic E-state index is 0.0297. The molecule has 0 unspecified atom stereocenters. The Morgan fingerprint density at radius 3 is 2.73 bits per heavy atom. The number of thiazole rings is 1. The predicted octanol–water partition coefficient (Wildman–Crippen LogP) is 5.77. The summed E-state index contributed by atoms with van der Waals surface area (Å²) in [5.41, 5.74) is 4.11. The van der Waals surface area contributed by atoms with E-state index in [1.54, 1.807) is 22.7 Å². The average Bonchev–Trinajstić information content (AvgIpc) is 3.36. The number of amides is 1. The number of para-hydroxylation sites is 2. The van der Waals surface area contributed by atoms with E-state index < -0.39 is 0 Å². The van der Waals surface area contributed by atoms with Crippen LogP contribution in [0.25, 0.3) is 20.8 Å². The van der Waals surface area contributed by atoms with Gasteiger partial charge in [0.25, 0.3) is 5.91 Å². The van der Waals surface area contributed by atoms with Crippen molar-refractivity contribution in [3.05, 3.63) is 69.9 Å². The zero-order valence-corrected chi connectivity index (χ0v) is 15.6. The molecular weight excluding hydrogens is 360 g/mol. The van der Waals surface area contributed by atoms with E-state index in [9.17, 15) is 4.79 Å². The van der Waals surface area contributed by atoms with Gasteiger partial charge in [-0.15, -0.1) is 22.7 Å². The van der Waals surface area contributed by atoms with Crippen molar-refractivity contribution in [3.63, 3.8) is 0 Å². The van der Waals surface area contributed by atoms with Crippen molar-refractivity contribution in [1.82, 2.24) is 4.98 Å². The Morgan fingerprint density at radius 1 is 1.00 bits per heavy atom. The molecule has 1 N–H and O–H groups in total. The molecule has 1 amide bonds. The van der Waals surface area contributed by atoms with Crippen LogP contribution in [0.3, 0.4) is 0 Å². The first-order chi connectivity index (χ1) is 12.8. The minimum Gasteiger partial charge on any atom is -0.321 e. The van der Waals surface area contributed by atoms with Crippen LogP contribution in [0.5, 0.6) is 0 Å². The number of nitrogens with zero attached hydrogens (tertiary/aromatic N) is 1. The van der Waals surface area contributed by atoms with E-state index >= 15 is 0 Å². The van der Waals surface area contributed by atoms with Gasteiger partial charge in [-0.3, -0.25) is 4.79 Å². The number of carbonyl (C=O) groups excluding carboxylic acids is 1. The fraction of sp³-hybridized carbons (Fsp3) is 0.143. The molecule has 0 aliphatic heterocycles. The molecule has 0 saturated carbocycles. The lowest BCUT2D eigenvalue weighted by Gasteiger charge is -2.08. The molecule has 5 rings (SSSR count). The SMILES string of the molecule is O=C(Nc1ccccc1-c1nc2ccccc2s1)c1cc2c(s1)CCC2. The molecule has 128 valence electrons. The van der Waals surface area contributed by atoms with Crippen molar-refractivity contribution < 1.29 is 4.79 Å². The molecule has 0 radical (unpaired) electrons.